The highest BCUT2D eigenvalue weighted by atomic mass is 16.3. The second-order valence-corrected chi connectivity index (χ2v) is 3.95. The molecule has 4 nitrogen and oxygen atoms in total. The fourth-order valence-electron chi connectivity index (χ4n) is 1.83. The molecule has 1 unspecified atom stereocenters. The maximum absolute atomic E-state index is 8.50. The van der Waals surface area contributed by atoms with E-state index in [1.807, 2.05) is 0 Å². The van der Waals surface area contributed by atoms with E-state index in [-0.39, 0.29) is 0 Å². The zero-order valence-electron chi connectivity index (χ0n) is 8.71. The molecule has 0 aromatic carbocycles. The Kier molecular flexibility index (Phi) is 6.10. The Morgan fingerprint density at radius 1 is 0.857 bits per heavy atom. The van der Waals surface area contributed by atoms with E-state index in [9.17, 15) is 0 Å². The normalized spacial score (nSPS) is 31.3. The van der Waals surface area contributed by atoms with Gasteiger partial charge in [-0.2, -0.15) is 0 Å². The van der Waals surface area contributed by atoms with E-state index in [1.165, 1.54) is 12.8 Å². The first-order chi connectivity index (χ1) is 6.86. The molecular formula is C10H22N2O2. The molecule has 4 N–H and O–H groups in total. The molecule has 84 valence electrons. The summed E-state index contributed by atoms with van der Waals surface area (Å²) in [5, 5.41) is 23.3. The predicted molar refractivity (Wildman–Crippen MR) is 56.2 cm³/mol. The summed E-state index contributed by atoms with van der Waals surface area (Å²) >= 11 is 0. The smallest absolute Gasteiger partial charge is 0.0584 e. The molecule has 0 amide bonds. The molecule has 0 bridgehead atoms. The molecule has 0 aromatic heterocycles. The van der Waals surface area contributed by atoms with Gasteiger partial charge in [-0.25, -0.2) is 0 Å². The standard InChI is InChI=1S/2C5H11NO/c2*7-4-5-2-1-3-6-5/h2*5-7H,1-4H2/t5-;/m0./s1. The summed E-state index contributed by atoms with van der Waals surface area (Å²) in [5.74, 6) is 0. The molecule has 2 atom stereocenters. The van der Waals surface area contributed by atoms with Crippen molar-refractivity contribution < 1.29 is 10.2 Å². The average Bonchev–Trinajstić information content (AvgIpc) is 2.92. The summed E-state index contributed by atoms with van der Waals surface area (Å²) in [7, 11) is 0. The van der Waals surface area contributed by atoms with Crippen LogP contribution < -0.4 is 10.6 Å². The molecule has 4 heteroatoms. The van der Waals surface area contributed by atoms with Gasteiger partial charge in [0.15, 0.2) is 0 Å². The zero-order chi connectivity index (χ0) is 10.2. The second-order valence-electron chi connectivity index (χ2n) is 3.95. The highest BCUT2D eigenvalue weighted by molar-refractivity contribution is 4.72. The quantitative estimate of drug-likeness (QED) is 0.486. The maximum atomic E-state index is 8.50. The van der Waals surface area contributed by atoms with Crippen LogP contribution in [0.5, 0.6) is 0 Å². The molecule has 0 radical (unpaired) electrons. The third kappa shape index (κ3) is 4.37. The molecule has 0 aliphatic carbocycles. The number of hydrogen-bond acceptors (Lipinski definition) is 4. The fourth-order valence-corrected chi connectivity index (χ4v) is 1.83. The van der Waals surface area contributed by atoms with Crippen LogP contribution in [0.4, 0.5) is 0 Å². The maximum Gasteiger partial charge on any atom is 0.0584 e. The number of rotatable bonds is 2. The molecule has 0 saturated carbocycles. The van der Waals surface area contributed by atoms with Crippen molar-refractivity contribution in [1.82, 2.24) is 10.6 Å². The summed E-state index contributed by atoms with van der Waals surface area (Å²) in [6.45, 7) is 2.79. The topological polar surface area (TPSA) is 64.5 Å². The summed E-state index contributed by atoms with van der Waals surface area (Å²) in [4.78, 5) is 0. The zero-order valence-corrected chi connectivity index (χ0v) is 8.71. The lowest BCUT2D eigenvalue weighted by molar-refractivity contribution is 0.255. The molecule has 2 saturated heterocycles. The van der Waals surface area contributed by atoms with Gasteiger partial charge >= 0.3 is 0 Å². The number of aliphatic hydroxyl groups is 2. The van der Waals surface area contributed by atoms with Crippen LogP contribution in [0.1, 0.15) is 25.7 Å². The van der Waals surface area contributed by atoms with E-state index in [2.05, 4.69) is 10.6 Å². The summed E-state index contributed by atoms with van der Waals surface area (Å²) in [5.41, 5.74) is 0. The van der Waals surface area contributed by atoms with Crippen molar-refractivity contribution in [2.24, 2.45) is 0 Å². The molecular weight excluding hydrogens is 180 g/mol. The van der Waals surface area contributed by atoms with Gasteiger partial charge < -0.3 is 20.8 Å². The molecule has 2 aliphatic rings. The molecule has 2 fully saturated rings. The van der Waals surface area contributed by atoms with Crippen molar-refractivity contribution in [3.63, 3.8) is 0 Å². The lowest BCUT2D eigenvalue weighted by Gasteiger charge is -2.01. The van der Waals surface area contributed by atoms with Crippen LogP contribution >= 0.6 is 0 Å². The lowest BCUT2D eigenvalue weighted by atomic mass is 10.2. The largest absolute Gasteiger partial charge is 0.395 e. The minimum atomic E-state index is 0.306. The molecule has 0 aromatic rings. The van der Waals surface area contributed by atoms with Crippen LogP contribution in [0.3, 0.4) is 0 Å². The van der Waals surface area contributed by atoms with Gasteiger partial charge in [0, 0.05) is 12.1 Å². The first-order valence-corrected chi connectivity index (χ1v) is 5.55. The molecule has 2 aliphatic heterocycles. The van der Waals surface area contributed by atoms with E-state index >= 15 is 0 Å². The highest BCUT2D eigenvalue weighted by Gasteiger charge is 2.11. The Morgan fingerprint density at radius 3 is 1.43 bits per heavy atom. The Balaban J connectivity index is 0.000000140. The van der Waals surface area contributed by atoms with Crippen LogP contribution in [0.25, 0.3) is 0 Å². The second kappa shape index (κ2) is 7.17. The molecule has 2 rings (SSSR count). The van der Waals surface area contributed by atoms with Gasteiger partial charge in [0.05, 0.1) is 13.2 Å². The van der Waals surface area contributed by atoms with E-state index in [0.717, 1.165) is 25.9 Å². The van der Waals surface area contributed by atoms with Crippen LogP contribution in [0.2, 0.25) is 0 Å². The minimum Gasteiger partial charge on any atom is -0.395 e. The third-order valence-corrected chi connectivity index (χ3v) is 2.77. The van der Waals surface area contributed by atoms with Crippen molar-refractivity contribution in [1.29, 1.82) is 0 Å². The Hall–Kier alpha value is -0.160. The Labute approximate surface area is 85.7 Å². The van der Waals surface area contributed by atoms with Crippen LogP contribution in [-0.4, -0.2) is 48.6 Å². The summed E-state index contributed by atoms with van der Waals surface area (Å²) in [6, 6.07) is 0.806. The SMILES string of the molecule is OCC1CCCN1.OC[C@@H]1CCCN1. The number of aliphatic hydroxyl groups excluding tert-OH is 2. The number of hydrogen-bond donors (Lipinski definition) is 4. The van der Waals surface area contributed by atoms with Crippen LogP contribution in [0, 0.1) is 0 Å². The van der Waals surface area contributed by atoms with E-state index in [0.29, 0.717) is 25.3 Å². The lowest BCUT2D eigenvalue weighted by Crippen LogP contribution is -2.24. The first kappa shape index (κ1) is 11.9. The van der Waals surface area contributed by atoms with Crippen molar-refractivity contribution >= 4 is 0 Å². The Morgan fingerprint density at radius 2 is 1.29 bits per heavy atom. The third-order valence-electron chi connectivity index (χ3n) is 2.77. The van der Waals surface area contributed by atoms with Gasteiger partial charge in [-0.3, -0.25) is 0 Å². The van der Waals surface area contributed by atoms with Gasteiger partial charge in [-0.15, -0.1) is 0 Å². The molecule has 0 spiro atoms. The van der Waals surface area contributed by atoms with Crippen molar-refractivity contribution in [3.05, 3.63) is 0 Å². The first-order valence-electron chi connectivity index (χ1n) is 5.55. The minimum absolute atomic E-state index is 0.306. The summed E-state index contributed by atoms with van der Waals surface area (Å²) in [6.07, 6.45) is 4.75. The van der Waals surface area contributed by atoms with Crippen LogP contribution in [-0.2, 0) is 0 Å². The van der Waals surface area contributed by atoms with Crippen molar-refractivity contribution in [2.75, 3.05) is 26.3 Å². The number of nitrogens with one attached hydrogen (secondary N) is 2. The van der Waals surface area contributed by atoms with Crippen LogP contribution in [0.15, 0.2) is 0 Å². The van der Waals surface area contributed by atoms with Crippen molar-refractivity contribution in [2.45, 2.75) is 37.8 Å². The van der Waals surface area contributed by atoms with Crippen molar-refractivity contribution in [3.8, 4) is 0 Å². The fraction of sp³-hybridized carbons (Fsp3) is 1.00. The summed E-state index contributed by atoms with van der Waals surface area (Å²) < 4.78 is 0. The van der Waals surface area contributed by atoms with E-state index in [4.69, 9.17) is 10.2 Å². The Bertz CT molecular complexity index is 116. The molecule has 2 heterocycles. The molecule has 14 heavy (non-hydrogen) atoms. The van der Waals surface area contributed by atoms with E-state index < -0.39 is 0 Å². The van der Waals surface area contributed by atoms with Gasteiger partial charge in [0.2, 0.25) is 0 Å². The highest BCUT2D eigenvalue weighted by Crippen LogP contribution is 2.02. The van der Waals surface area contributed by atoms with Gasteiger partial charge in [-0.1, -0.05) is 0 Å². The van der Waals surface area contributed by atoms with Gasteiger partial charge in [0.1, 0.15) is 0 Å². The predicted octanol–water partition coefficient (Wildman–Crippen LogP) is -0.539. The monoisotopic (exact) mass is 202 g/mol. The average molecular weight is 202 g/mol. The van der Waals surface area contributed by atoms with Gasteiger partial charge in [-0.05, 0) is 38.8 Å². The van der Waals surface area contributed by atoms with Gasteiger partial charge in [0.25, 0.3) is 0 Å². The van der Waals surface area contributed by atoms with E-state index in [1.54, 1.807) is 0 Å².